The Bertz CT molecular complexity index is 539. The van der Waals surface area contributed by atoms with Gasteiger partial charge in [-0.25, -0.2) is 0 Å². The van der Waals surface area contributed by atoms with Crippen molar-refractivity contribution >= 4 is 11.8 Å². The van der Waals surface area contributed by atoms with Gasteiger partial charge in [-0.2, -0.15) is 10.1 Å². The number of nitrogens with one attached hydrogen (secondary N) is 2. The van der Waals surface area contributed by atoms with Crippen LogP contribution in [0.5, 0.6) is 0 Å². The molecular weight excluding hydrogens is 250 g/mol. The van der Waals surface area contributed by atoms with Crippen LogP contribution >= 0.6 is 0 Å². The van der Waals surface area contributed by atoms with Gasteiger partial charge < -0.3 is 10.6 Å². The number of anilines is 2. The van der Waals surface area contributed by atoms with Crippen LogP contribution in [0, 0.1) is 0 Å². The molecule has 1 saturated carbocycles. The highest BCUT2D eigenvalue weighted by atomic mass is 15.3. The Hall–Kier alpha value is -2.17. The van der Waals surface area contributed by atoms with Crippen molar-refractivity contribution in [2.45, 2.75) is 31.7 Å². The standard InChI is InChI=1S/C15H19N5/c1-2-5-12(6-3-1)7-4-10-16-14-11-17-20-15(19-14)18-13-8-9-13/h1-3,5-6,11,13H,4,7-10H2,(H2,16,18,19,20). The van der Waals surface area contributed by atoms with Gasteiger partial charge in [0.25, 0.3) is 0 Å². The summed E-state index contributed by atoms with van der Waals surface area (Å²) in [5.41, 5.74) is 1.37. The maximum absolute atomic E-state index is 4.40. The summed E-state index contributed by atoms with van der Waals surface area (Å²) in [6.07, 6.45) is 6.22. The largest absolute Gasteiger partial charge is 0.369 e. The summed E-state index contributed by atoms with van der Waals surface area (Å²) in [6, 6.07) is 11.1. The molecule has 5 nitrogen and oxygen atoms in total. The molecule has 0 saturated heterocycles. The molecule has 0 bridgehead atoms. The Morgan fingerprint density at radius 2 is 2.00 bits per heavy atom. The van der Waals surface area contributed by atoms with E-state index in [-0.39, 0.29) is 0 Å². The van der Waals surface area contributed by atoms with Crippen LogP contribution in [-0.2, 0) is 6.42 Å². The molecule has 0 atom stereocenters. The van der Waals surface area contributed by atoms with E-state index < -0.39 is 0 Å². The summed E-state index contributed by atoms with van der Waals surface area (Å²) < 4.78 is 0. The zero-order valence-electron chi connectivity index (χ0n) is 11.4. The van der Waals surface area contributed by atoms with Crippen LogP contribution in [0.1, 0.15) is 24.8 Å². The van der Waals surface area contributed by atoms with Gasteiger partial charge in [0.15, 0.2) is 0 Å². The average molecular weight is 269 g/mol. The highest BCUT2D eigenvalue weighted by Crippen LogP contribution is 2.22. The molecule has 104 valence electrons. The van der Waals surface area contributed by atoms with Gasteiger partial charge in [-0.1, -0.05) is 30.3 Å². The fourth-order valence-electron chi connectivity index (χ4n) is 2.01. The van der Waals surface area contributed by atoms with Crippen LogP contribution < -0.4 is 10.6 Å². The quantitative estimate of drug-likeness (QED) is 0.756. The monoisotopic (exact) mass is 269 g/mol. The van der Waals surface area contributed by atoms with E-state index in [0.29, 0.717) is 12.0 Å². The van der Waals surface area contributed by atoms with Gasteiger partial charge in [0.05, 0.1) is 6.20 Å². The minimum Gasteiger partial charge on any atom is -0.369 e. The Kier molecular flexibility index (Phi) is 4.06. The van der Waals surface area contributed by atoms with Crippen molar-refractivity contribution in [1.29, 1.82) is 0 Å². The molecule has 20 heavy (non-hydrogen) atoms. The van der Waals surface area contributed by atoms with E-state index in [1.54, 1.807) is 6.20 Å². The Labute approximate surface area is 118 Å². The fraction of sp³-hybridized carbons (Fsp3) is 0.400. The highest BCUT2D eigenvalue weighted by molar-refractivity contribution is 5.38. The first-order chi connectivity index (χ1) is 9.90. The number of aromatic nitrogens is 3. The SMILES string of the molecule is c1ccc(CCCNc2cnnc(NC3CC3)n2)cc1. The van der Waals surface area contributed by atoms with Crippen molar-refractivity contribution in [3.63, 3.8) is 0 Å². The van der Waals surface area contributed by atoms with Gasteiger partial charge in [-0.3, -0.25) is 0 Å². The van der Waals surface area contributed by atoms with Crippen molar-refractivity contribution in [2.24, 2.45) is 0 Å². The van der Waals surface area contributed by atoms with Gasteiger partial charge in [0, 0.05) is 12.6 Å². The van der Waals surface area contributed by atoms with Gasteiger partial charge in [-0.15, -0.1) is 5.10 Å². The van der Waals surface area contributed by atoms with Gasteiger partial charge in [-0.05, 0) is 31.2 Å². The molecule has 1 fully saturated rings. The van der Waals surface area contributed by atoms with E-state index in [1.165, 1.54) is 18.4 Å². The Morgan fingerprint density at radius 1 is 1.15 bits per heavy atom. The highest BCUT2D eigenvalue weighted by Gasteiger charge is 2.22. The molecule has 1 aliphatic rings. The Balaban J connectivity index is 1.43. The van der Waals surface area contributed by atoms with E-state index in [9.17, 15) is 0 Å². The van der Waals surface area contributed by atoms with E-state index in [1.807, 2.05) is 6.07 Å². The van der Waals surface area contributed by atoms with Crippen LogP contribution in [0.15, 0.2) is 36.5 Å². The van der Waals surface area contributed by atoms with E-state index in [0.717, 1.165) is 25.2 Å². The third-order valence-corrected chi connectivity index (χ3v) is 3.26. The third-order valence-electron chi connectivity index (χ3n) is 3.26. The van der Waals surface area contributed by atoms with Gasteiger partial charge in [0.2, 0.25) is 5.95 Å². The molecule has 0 radical (unpaired) electrons. The van der Waals surface area contributed by atoms with Crippen LogP contribution in [0.4, 0.5) is 11.8 Å². The third kappa shape index (κ3) is 3.91. The summed E-state index contributed by atoms with van der Waals surface area (Å²) >= 11 is 0. The topological polar surface area (TPSA) is 62.7 Å². The molecule has 5 heteroatoms. The summed E-state index contributed by atoms with van der Waals surface area (Å²) in [4.78, 5) is 4.40. The molecule has 1 aliphatic carbocycles. The first-order valence-electron chi connectivity index (χ1n) is 7.14. The number of hydrogen-bond donors (Lipinski definition) is 2. The van der Waals surface area contributed by atoms with Crippen LogP contribution in [0.25, 0.3) is 0 Å². The predicted molar refractivity (Wildman–Crippen MR) is 79.7 cm³/mol. The molecular formula is C15H19N5. The summed E-state index contributed by atoms with van der Waals surface area (Å²) in [5, 5.41) is 14.5. The lowest BCUT2D eigenvalue weighted by atomic mass is 10.1. The molecule has 3 rings (SSSR count). The minimum atomic E-state index is 0.546. The van der Waals surface area contributed by atoms with Crippen molar-refractivity contribution in [2.75, 3.05) is 17.2 Å². The zero-order chi connectivity index (χ0) is 13.6. The fourth-order valence-corrected chi connectivity index (χ4v) is 2.01. The molecule has 0 unspecified atom stereocenters. The smallest absolute Gasteiger partial charge is 0.244 e. The van der Waals surface area contributed by atoms with Gasteiger partial charge in [0.1, 0.15) is 5.82 Å². The molecule has 1 aromatic heterocycles. The predicted octanol–water partition coefficient (Wildman–Crippen LogP) is 2.49. The maximum Gasteiger partial charge on any atom is 0.244 e. The summed E-state index contributed by atoms with van der Waals surface area (Å²) in [6.45, 7) is 0.885. The van der Waals surface area contributed by atoms with Crippen molar-refractivity contribution in [1.82, 2.24) is 15.2 Å². The number of rotatable bonds is 7. The van der Waals surface area contributed by atoms with Crippen molar-refractivity contribution < 1.29 is 0 Å². The second-order valence-corrected chi connectivity index (χ2v) is 5.10. The second-order valence-electron chi connectivity index (χ2n) is 5.10. The van der Waals surface area contributed by atoms with Crippen LogP contribution in [0.3, 0.4) is 0 Å². The lowest BCUT2D eigenvalue weighted by Crippen LogP contribution is -2.10. The second kappa shape index (κ2) is 6.32. The number of aryl methyl sites for hydroxylation is 1. The number of hydrogen-bond acceptors (Lipinski definition) is 5. The summed E-state index contributed by atoms with van der Waals surface area (Å²) in [7, 11) is 0. The lowest BCUT2D eigenvalue weighted by Gasteiger charge is -2.07. The lowest BCUT2D eigenvalue weighted by molar-refractivity contribution is 0.851. The van der Waals surface area contributed by atoms with Crippen molar-refractivity contribution in [3.8, 4) is 0 Å². The minimum absolute atomic E-state index is 0.546. The van der Waals surface area contributed by atoms with E-state index in [2.05, 4.69) is 50.1 Å². The first kappa shape index (κ1) is 12.8. The van der Waals surface area contributed by atoms with Crippen LogP contribution in [-0.4, -0.2) is 27.8 Å². The maximum atomic E-state index is 4.40. The molecule has 2 aromatic rings. The molecule has 0 spiro atoms. The molecule has 0 aliphatic heterocycles. The molecule has 2 N–H and O–H groups in total. The van der Waals surface area contributed by atoms with E-state index >= 15 is 0 Å². The van der Waals surface area contributed by atoms with E-state index in [4.69, 9.17) is 0 Å². The number of benzene rings is 1. The number of nitrogens with zero attached hydrogens (tertiary/aromatic N) is 3. The van der Waals surface area contributed by atoms with Crippen LogP contribution in [0.2, 0.25) is 0 Å². The molecule has 1 aromatic carbocycles. The molecule has 1 heterocycles. The first-order valence-corrected chi connectivity index (χ1v) is 7.14. The average Bonchev–Trinajstić information content (AvgIpc) is 3.29. The zero-order valence-corrected chi connectivity index (χ0v) is 11.4. The van der Waals surface area contributed by atoms with Gasteiger partial charge >= 0.3 is 0 Å². The van der Waals surface area contributed by atoms with Crippen molar-refractivity contribution in [3.05, 3.63) is 42.1 Å². The Morgan fingerprint density at radius 3 is 2.80 bits per heavy atom. The molecule has 0 amide bonds. The summed E-state index contributed by atoms with van der Waals surface area (Å²) in [5.74, 6) is 1.41. The normalized spacial score (nSPS) is 14.0.